The van der Waals surface area contributed by atoms with E-state index in [1.165, 1.54) is 90.4 Å². The molecule has 45 heavy (non-hydrogen) atoms. The van der Waals surface area contributed by atoms with E-state index in [4.69, 9.17) is 14.2 Å². The number of aryl methyl sites for hydroxylation is 1. The number of carbonyl (C=O) groups excluding carboxylic acids is 3. The second-order valence-electron chi connectivity index (χ2n) is 12.0. The van der Waals surface area contributed by atoms with Crippen LogP contribution < -0.4 is 22.3 Å². The van der Waals surface area contributed by atoms with Crippen LogP contribution in [0, 0.1) is 0 Å². The Labute approximate surface area is 278 Å². The standard InChI is InChI=1S/C35H59N3O6.ClH/c1-4-6-7-8-9-10-11-12-13-14-15-16-17-18-20-25-36-34(40)44-32-24-22-27-42-33(32)29-43-35(41)38(30(3)39)28-31-23-19-21-26-37(31)5-2;/h19,21,23,26,32-33H,4-18,20,22,24-25,27-29H2,1-3H3;1H/t32-,33+;/m1./s1. The molecule has 10 heteroatoms. The highest BCUT2D eigenvalue weighted by atomic mass is 35.5. The molecule has 0 aliphatic carbocycles. The minimum atomic E-state index is -0.741. The lowest BCUT2D eigenvalue weighted by Crippen LogP contribution is -3.00. The molecule has 0 unspecified atom stereocenters. The third-order valence-corrected chi connectivity index (χ3v) is 8.35. The summed E-state index contributed by atoms with van der Waals surface area (Å²) < 4.78 is 18.9. The van der Waals surface area contributed by atoms with Crippen molar-refractivity contribution >= 4 is 18.1 Å². The van der Waals surface area contributed by atoms with Gasteiger partial charge in [-0.2, -0.15) is 0 Å². The molecule has 0 spiro atoms. The Morgan fingerprint density at radius 2 is 1.51 bits per heavy atom. The second-order valence-corrected chi connectivity index (χ2v) is 12.0. The predicted molar refractivity (Wildman–Crippen MR) is 172 cm³/mol. The lowest BCUT2D eigenvalue weighted by molar-refractivity contribution is -0.701. The van der Waals surface area contributed by atoms with E-state index in [2.05, 4.69) is 12.2 Å². The molecule has 0 aromatic carbocycles. The number of halogens is 1. The number of amides is 3. The van der Waals surface area contributed by atoms with E-state index < -0.39 is 30.3 Å². The predicted octanol–water partition coefficient (Wildman–Crippen LogP) is 4.63. The summed E-state index contributed by atoms with van der Waals surface area (Å²) in [5.74, 6) is -0.406. The molecule has 1 aromatic rings. The highest BCUT2D eigenvalue weighted by Gasteiger charge is 2.32. The van der Waals surface area contributed by atoms with Crippen LogP contribution in [0.1, 0.15) is 136 Å². The Bertz CT molecular complexity index is 950. The van der Waals surface area contributed by atoms with E-state index in [0.717, 1.165) is 29.9 Å². The van der Waals surface area contributed by atoms with Gasteiger partial charge in [0, 0.05) is 32.2 Å². The molecule has 2 rings (SSSR count). The maximum atomic E-state index is 12.8. The molecule has 1 aliphatic heterocycles. The number of aromatic nitrogens is 1. The maximum Gasteiger partial charge on any atom is 0.417 e. The molecular weight excluding hydrogens is 594 g/mol. The Hall–Kier alpha value is -2.39. The molecule has 1 aliphatic rings. The van der Waals surface area contributed by atoms with Gasteiger partial charge in [-0.1, -0.05) is 103 Å². The van der Waals surface area contributed by atoms with Crippen LogP contribution >= 0.6 is 0 Å². The van der Waals surface area contributed by atoms with Crippen molar-refractivity contribution in [2.45, 2.75) is 155 Å². The van der Waals surface area contributed by atoms with Gasteiger partial charge in [-0.05, 0) is 26.2 Å². The van der Waals surface area contributed by atoms with Crippen LogP contribution in [0.25, 0.3) is 0 Å². The topological polar surface area (TPSA) is 98.1 Å². The Kier molecular flexibility index (Phi) is 23.3. The molecule has 1 fully saturated rings. The number of ether oxygens (including phenoxy) is 3. The SMILES string of the molecule is CCCCCCCCCCCCCCCCCNC(=O)O[C@@H]1CCCO[C@H]1COC(=O)N(Cc1cccc[n+]1CC)C(C)=O.[Cl-]. The lowest BCUT2D eigenvalue weighted by Gasteiger charge is -2.31. The summed E-state index contributed by atoms with van der Waals surface area (Å²) in [6.07, 6.45) is 20.5. The van der Waals surface area contributed by atoms with Gasteiger partial charge in [0.2, 0.25) is 11.6 Å². The first-order valence-corrected chi connectivity index (χ1v) is 17.4. The molecule has 0 bridgehead atoms. The van der Waals surface area contributed by atoms with Gasteiger partial charge in [-0.25, -0.2) is 19.1 Å². The number of nitrogens with one attached hydrogen (secondary N) is 1. The van der Waals surface area contributed by atoms with Crippen LogP contribution in [0.2, 0.25) is 0 Å². The maximum absolute atomic E-state index is 12.8. The van der Waals surface area contributed by atoms with E-state index in [9.17, 15) is 14.4 Å². The van der Waals surface area contributed by atoms with E-state index in [1.807, 2.05) is 35.9 Å². The zero-order chi connectivity index (χ0) is 31.8. The van der Waals surface area contributed by atoms with E-state index in [1.54, 1.807) is 0 Å². The average molecular weight is 654 g/mol. The van der Waals surface area contributed by atoms with Crippen LogP contribution in [-0.2, 0) is 32.1 Å². The van der Waals surface area contributed by atoms with Crippen LogP contribution in [-0.4, -0.2) is 55.0 Å². The van der Waals surface area contributed by atoms with Gasteiger partial charge in [0.25, 0.3) is 0 Å². The number of pyridine rings is 1. The largest absolute Gasteiger partial charge is 1.00 e. The van der Waals surface area contributed by atoms with Crippen molar-refractivity contribution in [3.8, 4) is 0 Å². The fourth-order valence-corrected chi connectivity index (χ4v) is 5.63. The van der Waals surface area contributed by atoms with Crippen molar-refractivity contribution in [1.82, 2.24) is 10.2 Å². The van der Waals surface area contributed by atoms with Gasteiger partial charge in [0.15, 0.2) is 6.20 Å². The highest BCUT2D eigenvalue weighted by molar-refractivity contribution is 5.90. The number of unbranched alkanes of at least 4 members (excludes halogenated alkanes) is 14. The smallest absolute Gasteiger partial charge is 0.417 e. The summed E-state index contributed by atoms with van der Waals surface area (Å²) in [6, 6.07) is 5.65. The Morgan fingerprint density at radius 1 is 0.911 bits per heavy atom. The van der Waals surface area contributed by atoms with Crippen LogP contribution in [0.3, 0.4) is 0 Å². The Morgan fingerprint density at radius 3 is 2.09 bits per heavy atom. The number of carbonyl (C=O) groups is 3. The number of alkyl carbamates (subject to hydrolysis) is 1. The fourth-order valence-electron chi connectivity index (χ4n) is 5.63. The van der Waals surface area contributed by atoms with Crippen LogP contribution in [0.4, 0.5) is 9.59 Å². The molecule has 2 atom stereocenters. The highest BCUT2D eigenvalue weighted by Crippen LogP contribution is 2.19. The van der Waals surface area contributed by atoms with Gasteiger partial charge in [0.05, 0.1) is 0 Å². The fraction of sp³-hybridized carbons (Fsp3) is 0.771. The van der Waals surface area contributed by atoms with Crippen LogP contribution in [0.5, 0.6) is 0 Å². The van der Waals surface area contributed by atoms with Crippen molar-refractivity contribution in [3.05, 3.63) is 30.1 Å². The summed E-state index contributed by atoms with van der Waals surface area (Å²) in [6.45, 7) is 7.41. The van der Waals surface area contributed by atoms with Crippen molar-refractivity contribution in [3.63, 3.8) is 0 Å². The average Bonchev–Trinajstić information content (AvgIpc) is 3.02. The van der Waals surface area contributed by atoms with Gasteiger partial charge in [-0.3, -0.25) is 4.79 Å². The van der Waals surface area contributed by atoms with E-state index in [0.29, 0.717) is 26.1 Å². The molecule has 0 radical (unpaired) electrons. The Balaban J connectivity index is 0.0000101. The molecule has 2 heterocycles. The monoisotopic (exact) mass is 653 g/mol. The van der Waals surface area contributed by atoms with Gasteiger partial charge >= 0.3 is 12.2 Å². The summed E-state index contributed by atoms with van der Waals surface area (Å²) in [7, 11) is 0. The number of imide groups is 1. The summed E-state index contributed by atoms with van der Waals surface area (Å²) in [5.41, 5.74) is 0.822. The van der Waals surface area contributed by atoms with E-state index >= 15 is 0 Å². The zero-order valence-corrected chi connectivity index (χ0v) is 29.0. The molecule has 1 saturated heterocycles. The molecule has 9 nitrogen and oxygen atoms in total. The number of nitrogens with zero attached hydrogens (tertiary/aromatic N) is 2. The first-order valence-electron chi connectivity index (χ1n) is 17.4. The molecule has 0 saturated carbocycles. The molecular formula is C35H60ClN3O6. The lowest BCUT2D eigenvalue weighted by atomic mass is 10.0. The van der Waals surface area contributed by atoms with Gasteiger partial charge in [0.1, 0.15) is 31.9 Å². The molecule has 1 N–H and O–H groups in total. The van der Waals surface area contributed by atoms with E-state index in [-0.39, 0.29) is 25.6 Å². The zero-order valence-electron chi connectivity index (χ0n) is 28.2. The van der Waals surface area contributed by atoms with Crippen molar-refractivity contribution in [2.24, 2.45) is 0 Å². The third kappa shape index (κ3) is 17.8. The number of rotatable bonds is 22. The first-order chi connectivity index (χ1) is 21.5. The van der Waals surface area contributed by atoms with Crippen LogP contribution in [0.15, 0.2) is 24.4 Å². The summed E-state index contributed by atoms with van der Waals surface area (Å²) in [4.78, 5) is 38.6. The molecule has 1 aromatic heterocycles. The minimum Gasteiger partial charge on any atom is -1.00 e. The van der Waals surface area contributed by atoms with Gasteiger partial charge < -0.3 is 31.9 Å². The normalized spacial score (nSPS) is 16.0. The number of hydrogen-bond acceptors (Lipinski definition) is 6. The quantitative estimate of drug-likeness (QED) is 0.145. The molecule has 258 valence electrons. The first kappa shape index (κ1) is 40.6. The number of hydrogen-bond donors (Lipinski definition) is 1. The summed E-state index contributed by atoms with van der Waals surface area (Å²) >= 11 is 0. The summed E-state index contributed by atoms with van der Waals surface area (Å²) in [5, 5.41) is 2.85. The van der Waals surface area contributed by atoms with Gasteiger partial charge in [-0.15, -0.1) is 0 Å². The second kappa shape index (κ2) is 25.8. The van der Waals surface area contributed by atoms with Crippen molar-refractivity contribution < 1.29 is 45.6 Å². The molecule has 3 amide bonds. The minimum absolute atomic E-state index is 0. The van der Waals surface area contributed by atoms with Crippen molar-refractivity contribution in [1.29, 1.82) is 0 Å². The third-order valence-electron chi connectivity index (χ3n) is 8.35. The van der Waals surface area contributed by atoms with Crippen molar-refractivity contribution in [2.75, 3.05) is 19.8 Å².